The standard InChI is InChI=1S/C21H31N3O3/c1-3-23(17-8-6-5-7-9-17)21(26)22-16-14-20(25)24(15-16)18-10-12-19(13-11-18)27-4-2/h10-13,16-17H,3-9,14-15H2,1-2H3,(H,22,26)/t16-/m1/s1. The molecule has 27 heavy (non-hydrogen) atoms. The van der Waals surface area contributed by atoms with Crippen molar-refractivity contribution in [2.24, 2.45) is 0 Å². The molecule has 2 aliphatic rings. The van der Waals surface area contributed by atoms with Crippen LogP contribution in [0, 0.1) is 0 Å². The topological polar surface area (TPSA) is 61.9 Å². The molecule has 0 bridgehead atoms. The Labute approximate surface area is 161 Å². The molecule has 0 spiro atoms. The number of anilines is 1. The van der Waals surface area contributed by atoms with E-state index in [1.807, 2.05) is 43.0 Å². The first-order valence-electron chi connectivity index (χ1n) is 10.2. The Morgan fingerprint density at radius 2 is 1.89 bits per heavy atom. The molecule has 0 radical (unpaired) electrons. The minimum atomic E-state index is -0.144. The highest BCUT2D eigenvalue weighted by Gasteiger charge is 2.33. The van der Waals surface area contributed by atoms with E-state index in [9.17, 15) is 9.59 Å². The van der Waals surface area contributed by atoms with E-state index >= 15 is 0 Å². The third-order valence-corrected chi connectivity index (χ3v) is 5.53. The smallest absolute Gasteiger partial charge is 0.317 e. The number of carbonyl (C=O) groups excluding carboxylic acids is 2. The zero-order chi connectivity index (χ0) is 19.2. The van der Waals surface area contributed by atoms with Crippen LogP contribution in [0.1, 0.15) is 52.4 Å². The second-order valence-electron chi connectivity index (χ2n) is 7.36. The summed E-state index contributed by atoms with van der Waals surface area (Å²) in [5, 5.41) is 3.09. The monoisotopic (exact) mass is 373 g/mol. The molecule has 2 fully saturated rings. The van der Waals surface area contributed by atoms with Crippen LogP contribution in [-0.4, -0.2) is 48.6 Å². The average molecular weight is 373 g/mol. The maximum absolute atomic E-state index is 12.8. The van der Waals surface area contributed by atoms with Crippen molar-refractivity contribution in [1.29, 1.82) is 0 Å². The van der Waals surface area contributed by atoms with Crippen molar-refractivity contribution < 1.29 is 14.3 Å². The lowest BCUT2D eigenvalue weighted by Gasteiger charge is -2.34. The summed E-state index contributed by atoms with van der Waals surface area (Å²) in [5.41, 5.74) is 0.847. The number of nitrogens with one attached hydrogen (secondary N) is 1. The van der Waals surface area contributed by atoms with Gasteiger partial charge in [0.1, 0.15) is 5.75 Å². The van der Waals surface area contributed by atoms with Crippen molar-refractivity contribution >= 4 is 17.6 Å². The van der Waals surface area contributed by atoms with Crippen LogP contribution in [0.25, 0.3) is 0 Å². The zero-order valence-electron chi connectivity index (χ0n) is 16.4. The number of urea groups is 1. The van der Waals surface area contributed by atoms with Gasteiger partial charge in [-0.1, -0.05) is 19.3 Å². The number of benzene rings is 1. The van der Waals surface area contributed by atoms with Gasteiger partial charge in [-0.3, -0.25) is 4.79 Å². The molecule has 1 heterocycles. The predicted octanol–water partition coefficient (Wildman–Crippen LogP) is 3.55. The molecular weight excluding hydrogens is 342 g/mol. The van der Waals surface area contributed by atoms with Crippen molar-refractivity contribution in [1.82, 2.24) is 10.2 Å². The van der Waals surface area contributed by atoms with Gasteiger partial charge in [-0.2, -0.15) is 0 Å². The first kappa shape index (κ1) is 19.5. The summed E-state index contributed by atoms with van der Waals surface area (Å²) >= 11 is 0. The molecule has 1 saturated heterocycles. The van der Waals surface area contributed by atoms with E-state index in [-0.39, 0.29) is 18.0 Å². The molecule has 0 unspecified atom stereocenters. The van der Waals surface area contributed by atoms with Crippen LogP contribution >= 0.6 is 0 Å². The Kier molecular flexibility index (Phi) is 6.58. The van der Waals surface area contributed by atoms with Crippen molar-refractivity contribution in [2.75, 3.05) is 24.6 Å². The van der Waals surface area contributed by atoms with Gasteiger partial charge < -0.3 is 19.9 Å². The van der Waals surface area contributed by atoms with E-state index < -0.39 is 0 Å². The summed E-state index contributed by atoms with van der Waals surface area (Å²) in [6.07, 6.45) is 6.18. The number of hydrogen-bond acceptors (Lipinski definition) is 3. The first-order valence-corrected chi connectivity index (χ1v) is 10.2. The second-order valence-corrected chi connectivity index (χ2v) is 7.36. The second kappa shape index (κ2) is 9.11. The molecule has 1 aliphatic heterocycles. The molecule has 3 rings (SSSR count). The third-order valence-electron chi connectivity index (χ3n) is 5.53. The van der Waals surface area contributed by atoms with E-state index in [4.69, 9.17) is 4.74 Å². The van der Waals surface area contributed by atoms with Crippen molar-refractivity contribution in [3.63, 3.8) is 0 Å². The minimum absolute atomic E-state index is 0.0317. The Morgan fingerprint density at radius 3 is 2.52 bits per heavy atom. The van der Waals surface area contributed by atoms with E-state index in [0.29, 0.717) is 32.2 Å². The Bertz CT molecular complexity index is 641. The normalized spacial score (nSPS) is 20.6. The van der Waals surface area contributed by atoms with Gasteiger partial charge in [0, 0.05) is 31.2 Å². The molecule has 6 heteroatoms. The summed E-state index contributed by atoms with van der Waals surface area (Å²) in [6.45, 7) is 5.81. The highest BCUT2D eigenvalue weighted by Crippen LogP contribution is 2.25. The molecule has 1 aromatic carbocycles. The minimum Gasteiger partial charge on any atom is -0.494 e. The summed E-state index contributed by atoms with van der Waals surface area (Å²) in [7, 11) is 0. The predicted molar refractivity (Wildman–Crippen MR) is 106 cm³/mol. The van der Waals surface area contributed by atoms with Crippen LogP contribution in [0.2, 0.25) is 0 Å². The van der Waals surface area contributed by atoms with E-state index in [2.05, 4.69) is 5.32 Å². The van der Waals surface area contributed by atoms with Crippen LogP contribution in [0.15, 0.2) is 24.3 Å². The van der Waals surface area contributed by atoms with Crippen molar-refractivity contribution in [3.05, 3.63) is 24.3 Å². The fraction of sp³-hybridized carbons (Fsp3) is 0.619. The maximum atomic E-state index is 12.8. The number of hydrogen-bond donors (Lipinski definition) is 1. The Morgan fingerprint density at radius 1 is 1.19 bits per heavy atom. The Balaban J connectivity index is 1.58. The van der Waals surface area contributed by atoms with Crippen LogP contribution in [0.5, 0.6) is 5.75 Å². The lowest BCUT2D eigenvalue weighted by molar-refractivity contribution is -0.117. The third kappa shape index (κ3) is 4.73. The molecular formula is C21H31N3O3. The van der Waals surface area contributed by atoms with Gasteiger partial charge in [0.25, 0.3) is 0 Å². The van der Waals surface area contributed by atoms with Gasteiger partial charge in [-0.25, -0.2) is 4.79 Å². The number of ether oxygens (including phenoxy) is 1. The average Bonchev–Trinajstić information content (AvgIpc) is 3.04. The highest BCUT2D eigenvalue weighted by molar-refractivity contribution is 5.96. The van der Waals surface area contributed by atoms with E-state index in [1.54, 1.807) is 4.90 Å². The quantitative estimate of drug-likeness (QED) is 0.829. The lowest BCUT2D eigenvalue weighted by Crippen LogP contribution is -2.50. The number of nitrogens with zero attached hydrogens (tertiary/aromatic N) is 2. The van der Waals surface area contributed by atoms with Crippen LogP contribution in [0.4, 0.5) is 10.5 Å². The molecule has 148 valence electrons. The fourth-order valence-electron chi connectivity index (χ4n) is 4.16. The van der Waals surface area contributed by atoms with Gasteiger partial charge in [-0.15, -0.1) is 0 Å². The molecule has 1 aromatic rings. The fourth-order valence-corrected chi connectivity index (χ4v) is 4.16. The van der Waals surface area contributed by atoms with Gasteiger partial charge in [0.05, 0.1) is 12.6 Å². The largest absolute Gasteiger partial charge is 0.494 e. The lowest BCUT2D eigenvalue weighted by atomic mass is 9.94. The molecule has 1 saturated carbocycles. The van der Waals surface area contributed by atoms with Crippen LogP contribution in [-0.2, 0) is 4.79 Å². The zero-order valence-corrected chi connectivity index (χ0v) is 16.4. The Hall–Kier alpha value is -2.24. The molecule has 0 aromatic heterocycles. The van der Waals surface area contributed by atoms with Gasteiger partial charge in [0.15, 0.2) is 0 Å². The van der Waals surface area contributed by atoms with E-state index in [1.165, 1.54) is 19.3 Å². The van der Waals surface area contributed by atoms with Crippen molar-refractivity contribution in [3.8, 4) is 5.75 Å². The SMILES string of the molecule is CCOc1ccc(N2C[C@H](NC(=O)N(CC)C3CCCCC3)CC2=O)cc1. The van der Waals surface area contributed by atoms with Gasteiger partial charge in [-0.05, 0) is 51.0 Å². The molecule has 1 N–H and O–H groups in total. The number of carbonyl (C=O) groups is 2. The van der Waals surface area contributed by atoms with Gasteiger partial charge in [0.2, 0.25) is 5.91 Å². The van der Waals surface area contributed by atoms with E-state index in [0.717, 1.165) is 24.3 Å². The summed E-state index contributed by atoms with van der Waals surface area (Å²) in [4.78, 5) is 28.9. The van der Waals surface area contributed by atoms with Crippen molar-refractivity contribution in [2.45, 2.75) is 64.5 Å². The van der Waals surface area contributed by atoms with Crippen LogP contribution < -0.4 is 15.0 Å². The summed E-state index contributed by atoms with van der Waals surface area (Å²) < 4.78 is 5.45. The number of amides is 3. The van der Waals surface area contributed by atoms with Crippen LogP contribution in [0.3, 0.4) is 0 Å². The molecule has 1 aliphatic carbocycles. The molecule has 6 nitrogen and oxygen atoms in total. The van der Waals surface area contributed by atoms with Gasteiger partial charge >= 0.3 is 6.03 Å². The molecule has 3 amide bonds. The highest BCUT2D eigenvalue weighted by atomic mass is 16.5. The summed E-state index contributed by atoms with van der Waals surface area (Å²) in [5.74, 6) is 0.842. The number of rotatable bonds is 6. The molecule has 1 atom stereocenters. The summed E-state index contributed by atoms with van der Waals surface area (Å²) in [6, 6.07) is 7.70. The first-order chi connectivity index (χ1) is 13.1. The maximum Gasteiger partial charge on any atom is 0.317 e.